The quantitative estimate of drug-likeness (QED) is 0.722. The summed E-state index contributed by atoms with van der Waals surface area (Å²) in [6, 6.07) is 13.4. The monoisotopic (exact) mass is 344 g/mol. The predicted octanol–water partition coefficient (Wildman–Crippen LogP) is 2.20. The van der Waals surface area contributed by atoms with Gasteiger partial charge in [-0.1, -0.05) is 24.3 Å². The minimum Gasteiger partial charge on any atom is -0.497 e. The molecule has 0 unspecified atom stereocenters. The van der Waals surface area contributed by atoms with Crippen LogP contribution >= 0.6 is 0 Å². The first kappa shape index (κ1) is 18.4. The number of benzene rings is 2. The van der Waals surface area contributed by atoms with E-state index in [0.29, 0.717) is 19.5 Å². The second kappa shape index (κ2) is 9.42. The van der Waals surface area contributed by atoms with Crippen LogP contribution in [-0.2, 0) is 22.6 Å². The fourth-order valence-corrected chi connectivity index (χ4v) is 2.21. The molecular formula is C19H21FN2O3. The Kier molecular flexibility index (Phi) is 6.95. The summed E-state index contributed by atoms with van der Waals surface area (Å²) in [5, 5.41) is 5.38. The molecule has 0 fully saturated rings. The molecule has 25 heavy (non-hydrogen) atoms. The second-order valence-corrected chi connectivity index (χ2v) is 5.53. The van der Waals surface area contributed by atoms with Crippen LogP contribution in [0.5, 0.6) is 5.75 Å². The lowest BCUT2D eigenvalue weighted by Crippen LogP contribution is -2.32. The molecule has 0 atom stereocenters. The molecule has 0 bridgehead atoms. The standard InChI is InChI=1S/C19H21FN2O3/c1-25-17-8-4-15(5-9-17)13-22-19(24)12-18(23)21-11-10-14-2-6-16(20)7-3-14/h2-9H,10-13H2,1H3,(H,21,23)(H,22,24). The number of rotatable bonds is 8. The van der Waals surface area contributed by atoms with Gasteiger partial charge in [0.2, 0.25) is 11.8 Å². The first-order valence-electron chi connectivity index (χ1n) is 7.97. The molecule has 132 valence electrons. The number of hydrogen-bond donors (Lipinski definition) is 2. The molecule has 0 aromatic heterocycles. The van der Waals surface area contributed by atoms with Crippen LogP contribution in [0.4, 0.5) is 4.39 Å². The van der Waals surface area contributed by atoms with Crippen molar-refractivity contribution in [1.29, 1.82) is 0 Å². The molecule has 0 heterocycles. The Labute approximate surface area is 146 Å². The molecule has 2 aromatic carbocycles. The molecule has 2 rings (SSSR count). The third kappa shape index (κ3) is 6.63. The maximum atomic E-state index is 12.8. The van der Waals surface area contributed by atoms with E-state index in [1.54, 1.807) is 19.2 Å². The zero-order valence-electron chi connectivity index (χ0n) is 14.0. The highest BCUT2D eigenvalue weighted by molar-refractivity contribution is 5.96. The van der Waals surface area contributed by atoms with E-state index in [4.69, 9.17) is 4.74 Å². The van der Waals surface area contributed by atoms with Gasteiger partial charge in [0, 0.05) is 13.1 Å². The van der Waals surface area contributed by atoms with Crippen molar-refractivity contribution in [2.24, 2.45) is 0 Å². The topological polar surface area (TPSA) is 67.4 Å². The van der Waals surface area contributed by atoms with E-state index in [1.165, 1.54) is 12.1 Å². The largest absolute Gasteiger partial charge is 0.497 e. The molecule has 5 nitrogen and oxygen atoms in total. The summed E-state index contributed by atoms with van der Waals surface area (Å²) in [5.41, 5.74) is 1.84. The van der Waals surface area contributed by atoms with Crippen LogP contribution in [0.2, 0.25) is 0 Å². The van der Waals surface area contributed by atoms with Gasteiger partial charge in [-0.2, -0.15) is 0 Å². The van der Waals surface area contributed by atoms with Crippen molar-refractivity contribution < 1.29 is 18.7 Å². The molecular weight excluding hydrogens is 323 g/mol. The van der Waals surface area contributed by atoms with E-state index >= 15 is 0 Å². The number of hydrogen-bond acceptors (Lipinski definition) is 3. The summed E-state index contributed by atoms with van der Waals surface area (Å²) >= 11 is 0. The van der Waals surface area contributed by atoms with Crippen molar-refractivity contribution in [2.45, 2.75) is 19.4 Å². The number of nitrogens with one attached hydrogen (secondary N) is 2. The van der Waals surface area contributed by atoms with Gasteiger partial charge in [0.15, 0.2) is 0 Å². The van der Waals surface area contributed by atoms with Crippen LogP contribution in [-0.4, -0.2) is 25.5 Å². The van der Waals surface area contributed by atoms with Crippen LogP contribution in [0.15, 0.2) is 48.5 Å². The van der Waals surface area contributed by atoms with E-state index in [1.807, 2.05) is 24.3 Å². The maximum Gasteiger partial charge on any atom is 0.229 e. The Hall–Kier alpha value is -2.89. The van der Waals surface area contributed by atoms with Crippen LogP contribution in [0.3, 0.4) is 0 Å². The van der Waals surface area contributed by atoms with Gasteiger partial charge in [-0.15, -0.1) is 0 Å². The van der Waals surface area contributed by atoms with Crippen LogP contribution < -0.4 is 15.4 Å². The molecule has 2 aromatic rings. The highest BCUT2D eigenvalue weighted by Gasteiger charge is 2.08. The fraction of sp³-hybridized carbons (Fsp3) is 0.263. The van der Waals surface area contributed by atoms with Gasteiger partial charge >= 0.3 is 0 Å². The lowest BCUT2D eigenvalue weighted by Gasteiger charge is -2.07. The first-order valence-corrected chi connectivity index (χ1v) is 7.97. The molecule has 2 amide bonds. The summed E-state index contributed by atoms with van der Waals surface area (Å²) in [6.45, 7) is 0.752. The smallest absolute Gasteiger partial charge is 0.229 e. The summed E-state index contributed by atoms with van der Waals surface area (Å²) in [6.07, 6.45) is 0.360. The normalized spacial score (nSPS) is 10.2. The van der Waals surface area contributed by atoms with E-state index in [9.17, 15) is 14.0 Å². The molecule has 0 spiro atoms. The fourth-order valence-electron chi connectivity index (χ4n) is 2.21. The number of methoxy groups -OCH3 is 1. The van der Waals surface area contributed by atoms with Gasteiger partial charge in [0.25, 0.3) is 0 Å². The molecule has 0 aliphatic rings. The average molecular weight is 344 g/mol. The zero-order valence-corrected chi connectivity index (χ0v) is 14.0. The third-order valence-electron chi connectivity index (χ3n) is 3.62. The van der Waals surface area contributed by atoms with E-state index in [2.05, 4.69) is 10.6 Å². The first-order chi connectivity index (χ1) is 12.1. The zero-order chi connectivity index (χ0) is 18.1. The number of ether oxygens (including phenoxy) is 1. The van der Waals surface area contributed by atoms with Crippen molar-refractivity contribution in [2.75, 3.05) is 13.7 Å². The highest BCUT2D eigenvalue weighted by atomic mass is 19.1. The van der Waals surface area contributed by atoms with Gasteiger partial charge in [-0.3, -0.25) is 9.59 Å². The van der Waals surface area contributed by atoms with Crippen LogP contribution in [0, 0.1) is 5.82 Å². The van der Waals surface area contributed by atoms with E-state index in [0.717, 1.165) is 16.9 Å². The maximum absolute atomic E-state index is 12.8. The van der Waals surface area contributed by atoms with E-state index in [-0.39, 0.29) is 24.1 Å². The Balaban J connectivity index is 1.65. The minimum atomic E-state index is -0.339. The summed E-state index contributed by atoms with van der Waals surface area (Å²) in [5.74, 6) is -0.221. The Bertz CT molecular complexity index is 700. The number of halogens is 1. The molecule has 0 aliphatic heterocycles. The Morgan fingerprint density at radius 3 is 2.16 bits per heavy atom. The lowest BCUT2D eigenvalue weighted by molar-refractivity contribution is -0.129. The van der Waals surface area contributed by atoms with Gasteiger partial charge in [0.1, 0.15) is 18.0 Å². The Morgan fingerprint density at radius 1 is 0.920 bits per heavy atom. The van der Waals surface area contributed by atoms with Gasteiger partial charge in [0.05, 0.1) is 7.11 Å². The molecule has 0 saturated heterocycles. The van der Waals surface area contributed by atoms with Crippen molar-refractivity contribution in [3.05, 3.63) is 65.5 Å². The molecule has 0 saturated carbocycles. The van der Waals surface area contributed by atoms with Gasteiger partial charge < -0.3 is 15.4 Å². The molecule has 6 heteroatoms. The van der Waals surface area contributed by atoms with Crippen molar-refractivity contribution >= 4 is 11.8 Å². The second-order valence-electron chi connectivity index (χ2n) is 5.53. The van der Waals surface area contributed by atoms with Crippen LogP contribution in [0.25, 0.3) is 0 Å². The SMILES string of the molecule is COc1ccc(CNC(=O)CC(=O)NCCc2ccc(F)cc2)cc1. The number of amides is 2. The summed E-state index contributed by atoms with van der Waals surface area (Å²) in [4.78, 5) is 23.5. The third-order valence-corrected chi connectivity index (χ3v) is 3.62. The average Bonchev–Trinajstić information content (AvgIpc) is 2.62. The van der Waals surface area contributed by atoms with Crippen molar-refractivity contribution in [3.8, 4) is 5.75 Å². The summed E-state index contributed by atoms with van der Waals surface area (Å²) in [7, 11) is 1.59. The highest BCUT2D eigenvalue weighted by Crippen LogP contribution is 2.10. The number of carbonyl (C=O) groups excluding carboxylic acids is 2. The summed E-state index contributed by atoms with van der Waals surface area (Å²) < 4.78 is 17.9. The number of carbonyl (C=O) groups is 2. The van der Waals surface area contributed by atoms with Gasteiger partial charge in [-0.25, -0.2) is 4.39 Å². The molecule has 0 aliphatic carbocycles. The van der Waals surface area contributed by atoms with Gasteiger partial charge in [-0.05, 0) is 41.8 Å². The van der Waals surface area contributed by atoms with Crippen molar-refractivity contribution in [3.63, 3.8) is 0 Å². The lowest BCUT2D eigenvalue weighted by atomic mass is 10.1. The van der Waals surface area contributed by atoms with Crippen LogP contribution in [0.1, 0.15) is 17.5 Å². The minimum absolute atomic E-state index is 0.223. The molecule has 0 radical (unpaired) electrons. The molecule has 2 N–H and O–H groups in total. The predicted molar refractivity (Wildman–Crippen MR) is 92.6 cm³/mol. The Morgan fingerprint density at radius 2 is 1.52 bits per heavy atom. The van der Waals surface area contributed by atoms with Crippen molar-refractivity contribution in [1.82, 2.24) is 10.6 Å². The van der Waals surface area contributed by atoms with E-state index < -0.39 is 0 Å².